The lowest BCUT2D eigenvalue weighted by atomic mass is 9.95. The molecule has 1 rings (SSSR count). The molecule has 0 bridgehead atoms. The lowest BCUT2D eigenvalue weighted by Crippen LogP contribution is -2.07. The first-order valence-corrected chi connectivity index (χ1v) is 4.56. The summed E-state index contributed by atoms with van der Waals surface area (Å²) in [6.45, 7) is 6.84. The maximum atomic E-state index is 10.0. The number of carbonyl (C=O) groups excluding carboxylic acids is 1. The standard InChI is InChI=1S/C9H12O2S/c1-9(2,3)7-4-5-8(12-7)11-6-10/h4-6H,1-3H3. The van der Waals surface area contributed by atoms with Gasteiger partial charge in [0.2, 0.25) is 0 Å². The third-order valence-electron chi connectivity index (χ3n) is 1.48. The molecule has 1 aromatic rings. The lowest BCUT2D eigenvalue weighted by molar-refractivity contribution is -0.120. The van der Waals surface area contributed by atoms with Crippen molar-refractivity contribution in [2.45, 2.75) is 26.2 Å². The van der Waals surface area contributed by atoms with Gasteiger partial charge in [0.25, 0.3) is 6.47 Å². The van der Waals surface area contributed by atoms with E-state index in [0.717, 1.165) is 0 Å². The Labute approximate surface area is 76.2 Å². The van der Waals surface area contributed by atoms with Gasteiger partial charge in [-0.1, -0.05) is 20.8 Å². The van der Waals surface area contributed by atoms with Crippen LogP contribution in [-0.2, 0) is 10.2 Å². The Morgan fingerprint density at radius 1 is 1.42 bits per heavy atom. The maximum absolute atomic E-state index is 10.0. The highest BCUT2D eigenvalue weighted by atomic mass is 32.1. The highest BCUT2D eigenvalue weighted by Crippen LogP contribution is 2.33. The van der Waals surface area contributed by atoms with Gasteiger partial charge in [0.15, 0.2) is 5.06 Å². The van der Waals surface area contributed by atoms with Gasteiger partial charge in [-0.25, -0.2) is 0 Å². The highest BCUT2D eigenvalue weighted by Gasteiger charge is 2.16. The van der Waals surface area contributed by atoms with Gasteiger partial charge in [-0.3, -0.25) is 4.79 Å². The summed E-state index contributed by atoms with van der Waals surface area (Å²) in [7, 11) is 0. The smallest absolute Gasteiger partial charge is 0.299 e. The van der Waals surface area contributed by atoms with Crippen molar-refractivity contribution in [3.05, 3.63) is 17.0 Å². The molecule has 0 aliphatic rings. The number of ether oxygens (including phenoxy) is 1. The molecule has 0 saturated heterocycles. The van der Waals surface area contributed by atoms with Crippen LogP contribution in [0.5, 0.6) is 5.06 Å². The normalized spacial score (nSPS) is 11.2. The Kier molecular flexibility index (Phi) is 2.52. The van der Waals surface area contributed by atoms with Gasteiger partial charge in [-0.05, 0) is 17.5 Å². The minimum absolute atomic E-state index is 0.134. The molecule has 0 aromatic carbocycles. The van der Waals surface area contributed by atoms with E-state index in [9.17, 15) is 4.79 Å². The fourth-order valence-corrected chi connectivity index (χ4v) is 1.72. The topological polar surface area (TPSA) is 26.3 Å². The monoisotopic (exact) mass is 184 g/mol. The van der Waals surface area contributed by atoms with Crippen molar-refractivity contribution in [3.63, 3.8) is 0 Å². The summed E-state index contributed by atoms with van der Waals surface area (Å²) in [5, 5.41) is 0.662. The number of hydrogen-bond acceptors (Lipinski definition) is 3. The Morgan fingerprint density at radius 3 is 2.50 bits per heavy atom. The van der Waals surface area contributed by atoms with Gasteiger partial charge in [0, 0.05) is 4.88 Å². The van der Waals surface area contributed by atoms with Crippen LogP contribution in [0.2, 0.25) is 0 Å². The minimum Gasteiger partial charge on any atom is -0.418 e. The second-order valence-corrected chi connectivity index (χ2v) is 4.63. The molecule has 0 radical (unpaired) electrons. The van der Waals surface area contributed by atoms with E-state index in [1.54, 1.807) is 0 Å². The van der Waals surface area contributed by atoms with E-state index in [-0.39, 0.29) is 5.41 Å². The molecular formula is C9H12O2S. The molecule has 3 heteroatoms. The first-order valence-electron chi connectivity index (χ1n) is 3.74. The van der Waals surface area contributed by atoms with Crippen LogP contribution in [0.3, 0.4) is 0 Å². The molecule has 0 atom stereocenters. The van der Waals surface area contributed by atoms with Gasteiger partial charge >= 0.3 is 0 Å². The molecule has 1 heterocycles. The third-order valence-corrected chi connectivity index (χ3v) is 2.89. The Hall–Kier alpha value is -0.830. The minimum atomic E-state index is 0.134. The zero-order valence-electron chi connectivity index (χ0n) is 7.46. The second kappa shape index (κ2) is 3.27. The average molecular weight is 184 g/mol. The van der Waals surface area contributed by atoms with Crippen molar-refractivity contribution >= 4 is 17.8 Å². The molecule has 0 aliphatic heterocycles. The van der Waals surface area contributed by atoms with Gasteiger partial charge < -0.3 is 4.74 Å². The zero-order valence-corrected chi connectivity index (χ0v) is 8.27. The zero-order chi connectivity index (χ0) is 9.19. The van der Waals surface area contributed by atoms with Crippen molar-refractivity contribution in [3.8, 4) is 5.06 Å². The van der Waals surface area contributed by atoms with Gasteiger partial charge in [-0.15, -0.1) is 11.3 Å². The quantitative estimate of drug-likeness (QED) is 0.660. The fraction of sp³-hybridized carbons (Fsp3) is 0.444. The van der Waals surface area contributed by atoms with Crippen molar-refractivity contribution in [2.24, 2.45) is 0 Å². The molecule has 1 aromatic heterocycles. The van der Waals surface area contributed by atoms with E-state index in [0.29, 0.717) is 11.5 Å². The molecule has 0 saturated carbocycles. The van der Waals surface area contributed by atoms with E-state index >= 15 is 0 Å². The summed E-state index contributed by atoms with van der Waals surface area (Å²) in [5.41, 5.74) is 0.134. The van der Waals surface area contributed by atoms with E-state index in [4.69, 9.17) is 4.74 Å². The fourth-order valence-electron chi connectivity index (χ4n) is 0.834. The van der Waals surface area contributed by atoms with Crippen LogP contribution in [0.15, 0.2) is 12.1 Å². The van der Waals surface area contributed by atoms with Gasteiger partial charge in [0.1, 0.15) is 0 Å². The van der Waals surface area contributed by atoms with Crippen molar-refractivity contribution in [1.29, 1.82) is 0 Å². The van der Waals surface area contributed by atoms with Crippen LogP contribution in [0.25, 0.3) is 0 Å². The summed E-state index contributed by atoms with van der Waals surface area (Å²) in [5.74, 6) is 0. The van der Waals surface area contributed by atoms with Crippen LogP contribution in [-0.4, -0.2) is 6.47 Å². The van der Waals surface area contributed by atoms with Crippen molar-refractivity contribution in [2.75, 3.05) is 0 Å². The second-order valence-electron chi connectivity index (χ2n) is 3.58. The third kappa shape index (κ3) is 2.08. The molecule has 0 spiro atoms. The van der Waals surface area contributed by atoms with Crippen LogP contribution in [0, 0.1) is 0 Å². The van der Waals surface area contributed by atoms with E-state index < -0.39 is 0 Å². The largest absolute Gasteiger partial charge is 0.418 e. The molecule has 66 valence electrons. The molecule has 0 aliphatic carbocycles. The average Bonchev–Trinajstić information content (AvgIpc) is 2.35. The maximum Gasteiger partial charge on any atom is 0.299 e. The first kappa shape index (κ1) is 9.26. The summed E-state index contributed by atoms with van der Waals surface area (Å²) >= 11 is 1.51. The summed E-state index contributed by atoms with van der Waals surface area (Å²) < 4.78 is 4.72. The van der Waals surface area contributed by atoms with Crippen molar-refractivity contribution in [1.82, 2.24) is 0 Å². The summed E-state index contributed by atoms with van der Waals surface area (Å²) in [6.07, 6.45) is 0. The van der Waals surface area contributed by atoms with Crippen LogP contribution >= 0.6 is 11.3 Å². The van der Waals surface area contributed by atoms with E-state index in [1.165, 1.54) is 16.2 Å². The van der Waals surface area contributed by atoms with E-state index in [2.05, 4.69) is 20.8 Å². The lowest BCUT2D eigenvalue weighted by Gasteiger charge is -2.14. The summed E-state index contributed by atoms with van der Waals surface area (Å²) in [4.78, 5) is 11.2. The van der Waals surface area contributed by atoms with Gasteiger partial charge in [-0.2, -0.15) is 0 Å². The number of rotatable bonds is 2. The van der Waals surface area contributed by atoms with Crippen molar-refractivity contribution < 1.29 is 9.53 Å². The predicted molar refractivity (Wildman–Crippen MR) is 49.7 cm³/mol. The predicted octanol–water partition coefficient (Wildman–Crippen LogP) is 2.58. The van der Waals surface area contributed by atoms with Crippen LogP contribution in [0.1, 0.15) is 25.6 Å². The molecule has 0 amide bonds. The first-order chi connectivity index (χ1) is 5.54. The number of hydrogen-bond donors (Lipinski definition) is 0. The molecule has 0 fully saturated rings. The Morgan fingerprint density at radius 2 is 2.08 bits per heavy atom. The highest BCUT2D eigenvalue weighted by molar-refractivity contribution is 7.14. The SMILES string of the molecule is CC(C)(C)c1ccc(OC=O)s1. The van der Waals surface area contributed by atoms with E-state index in [1.807, 2.05) is 12.1 Å². The molecular weight excluding hydrogens is 172 g/mol. The van der Waals surface area contributed by atoms with Gasteiger partial charge in [0.05, 0.1) is 0 Å². The van der Waals surface area contributed by atoms with Crippen LogP contribution < -0.4 is 4.74 Å². The Balaban J connectivity index is 2.84. The molecule has 0 N–H and O–H groups in total. The molecule has 12 heavy (non-hydrogen) atoms. The summed E-state index contributed by atoms with van der Waals surface area (Å²) in [6, 6.07) is 3.81. The number of carbonyl (C=O) groups is 1. The number of thiophene rings is 1. The Bertz CT molecular complexity index is 270. The molecule has 0 unspecified atom stereocenters. The van der Waals surface area contributed by atoms with Crippen LogP contribution in [0.4, 0.5) is 0 Å². The molecule has 2 nitrogen and oxygen atoms in total.